The van der Waals surface area contributed by atoms with Crippen molar-refractivity contribution in [1.29, 1.82) is 0 Å². The Bertz CT molecular complexity index is 188. The molecule has 3 nitrogen and oxygen atoms in total. The molecular weight excluding hydrogens is 237 g/mol. The molecule has 0 aromatic carbocycles. The second-order valence-corrected chi connectivity index (χ2v) is 1.43. The summed E-state index contributed by atoms with van der Waals surface area (Å²) >= 11 is 0. The molecule has 0 aliphatic rings. The molecule has 1 aromatic heterocycles. The van der Waals surface area contributed by atoms with E-state index < -0.39 is 6.03 Å². The van der Waals surface area contributed by atoms with Gasteiger partial charge in [0.2, 0.25) is 0 Å². The van der Waals surface area contributed by atoms with Crippen molar-refractivity contribution in [3.05, 3.63) is 24.5 Å². The van der Waals surface area contributed by atoms with Gasteiger partial charge in [-0.25, -0.2) is 4.79 Å². The summed E-state index contributed by atoms with van der Waals surface area (Å²) in [5, 5.41) is 0. The third-order valence-electron chi connectivity index (χ3n) is 0.859. The summed E-state index contributed by atoms with van der Waals surface area (Å²) in [5.74, 6) is 0. The van der Waals surface area contributed by atoms with Crippen molar-refractivity contribution in [3.8, 4) is 0 Å². The molecule has 0 bridgehead atoms. The van der Waals surface area contributed by atoms with Gasteiger partial charge in [0, 0.05) is 12.4 Å². The van der Waals surface area contributed by atoms with E-state index in [2.05, 4.69) is 0 Å². The zero-order valence-electron chi connectivity index (χ0n) is 6.24. The summed E-state index contributed by atoms with van der Waals surface area (Å²) in [6, 6.07) is 3.03. The number of carbonyl (C=O) groups excluding carboxylic acids is 1. The van der Waals surface area contributed by atoms with E-state index in [1.54, 1.807) is 24.5 Å². The van der Waals surface area contributed by atoms with E-state index in [0.717, 1.165) is 0 Å². The summed E-state index contributed by atoms with van der Waals surface area (Å²) in [4.78, 5) is 10.2. The molecule has 0 radical (unpaired) electrons. The van der Waals surface area contributed by atoms with Crippen LogP contribution in [0.5, 0.6) is 0 Å². The number of nitrogens with two attached hydrogens (primary N) is 1. The van der Waals surface area contributed by atoms with Gasteiger partial charge in [-0.1, -0.05) is 0 Å². The second-order valence-electron chi connectivity index (χ2n) is 1.43. The zero-order valence-corrected chi connectivity index (χ0v) is 11.5. The SMILES string of the molecule is NC(=O)n1cccc1.[Cs+].[H-]. The quantitative estimate of drug-likeness (QED) is 0.540. The van der Waals surface area contributed by atoms with Gasteiger partial charge in [-0.05, 0) is 12.1 Å². The predicted molar refractivity (Wildman–Crippen MR) is 30.5 cm³/mol. The molecule has 4 heteroatoms. The number of hydrogen-bond acceptors (Lipinski definition) is 1. The van der Waals surface area contributed by atoms with E-state index in [4.69, 9.17) is 5.73 Å². The smallest absolute Gasteiger partial charge is 1.00 e. The normalized spacial score (nSPS) is 8.00. The fourth-order valence-corrected chi connectivity index (χ4v) is 0.481. The molecule has 0 spiro atoms. The van der Waals surface area contributed by atoms with Crippen molar-refractivity contribution < 1.29 is 75.1 Å². The Labute approximate surface area is 114 Å². The topological polar surface area (TPSA) is 48.0 Å². The predicted octanol–water partition coefficient (Wildman–Crippen LogP) is -2.47. The van der Waals surface area contributed by atoms with Crippen LogP contribution in [0.15, 0.2) is 24.5 Å². The Morgan fingerprint density at radius 1 is 1.44 bits per heavy atom. The minimum atomic E-state index is -0.449. The average Bonchev–Trinajstić information content (AvgIpc) is 2.12. The first-order valence-corrected chi connectivity index (χ1v) is 2.23. The molecule has 0 fully saturated rings. The van der Waals surface area contributed by atoms with Crippen LogP contribution in [0, 0.1) is 0 Å². The summed E-state index contributed by atoms with van der Waals surface area (Å²) in [5.41, 5.74) is 4.88. The first-order chi connectivity index (χ1) is 3.80. The Morgan fingerprint density at radius 3 is 2.11 bits per heavy atom. The van der Waals surface area contributed by atoms with Crippen molar-refractivity contribution in [2.45, 2.75) is 0 Å². The van der Waals surface area contributed by atoms with Crippen molar-refractivity contribution in [2.75, 3.05) is 0 Å². The standard InChI is InChI=1S/C5H6N2O.Cs.H/c6-5(8)7-3-1-2-4-7;;/h1-4H,(H2,6,8);;/q;+1;-1. The third-order valence-corrected chi connectivity index (χ3v) is 0.859. The second kappa shape index (κ2) is 4.59. The van der Waals surface area contributed by atoms with Crippen LogP contribution >= 0.6 is 0 Å². The average molecular weight is 244 g/mol. The van der Waals surface area contributed by atoms with Crippen LogP contribution in [0.25, 0.3) is 0 Å². The van der Waals surface area contributed by atoms with E-state index in [-0.39, 0.29) is 70.3 Å². The summed E-state index contributed by atoms with van der Waals surface area (Å²) in [6.07, 6.45) is 3.20. The van der Waals surface area contributed by atoms with Crippen molar-refractivity contribution in [1.82, 2.24) is 4.57 Å². The van der Waals surface area contributed by atoms with E-state index in [9.17, 15) is 4.79 Å². The van der Waals surface area contributed by atoms with E-state index >= 15 is 0 Å². The maximum absolute atomic E-state index is 10.2. The van der Waals surface area contributed by atoms with Gasteiger partial charge in [0.05, 0.1) is 0 Å². The molecule has 1 amide bonds. The molecule has 1 aromatic rings. The maximum Gasteiger partial charge on any atom is 1.00 e. The van der Waals surface area contributed by atoms with Crippen LogP contribution in [-0.4, -0.2) is 10.6 Å². The van der Waals surface area contributed by atoms with Gasteiger partial charge in [0.25, 0.3) is 0 Å². The molecule has 0 unspecified atom stereocenters. The van der Waals surface area contributed by atoms with E-state index in [0.29, 0.717) is 0 Å². The minimum absolute atomic E-state index is 0. The number of carbonyl (C=O) groups is 1. The van der Waals surface area contributed by atoms with E-state index in [1.807, 2.05) is 0 Å². The van der Waals surface area contributed by atoms with Crippen LogP contribution in [0.1, 0.15) is 1.43 Å². The van der Waals surface area contributed by atoms with Crippen LogP contribution in [-0.2, 0) is 0 Å². The Kier molecular flexibility index (Phi) is 5.00. The maximum atomic E-state index is 10.2. The molecule has 0 aliphatic carbocycles. The number of primary amides is 1. The number of nitrogens with zero attached hydrogens (tertiary/aromatic N) is 1. The summed E-state index contributed by atoms with van der Waals surface area (Å²) in [7, 11) is 0. The van der Waals surface area contributed by atoms with Crippen molar-refractivity contribution >= 4 is 6.03 Å². The van der Waals surface area contributed by atoms with Crippen molar-refractivity contribution in [3.63, 3.8) is 0 Å². The van der Waals surface area contributed by atoms with Crippen LogP contribution in [0.3, 0.4) is 0 Å². The van der Waals surface area contributed by atoms with Gasteiger partial charge in [-0.15, -0.1) is 0 Å². The number of aromatic nitrogens is 1. The molecule has 0 saturated heterocycles. The summed E-state index contributed by atoms with van der Waals surface area (Å²) < 4.78 is 1.31. The van der Waals surface area contributed by atoms with Gasteiger partial charge in [-0.3, -0.25) is 4.57 Å². The Hall–Kier alpha value is 0.802. The van der Waals surface area contributed by atoms with Crippen molar-refractivity contribution in [2.24, 2.45) is 5.73 Å². The fraction of sp³-hybridized carbons (Fsp3) is 0. The molecule has 0 atom stereocenters. The van der Waals surface area contributed by atoms with Crippen LogP contribution in [0.2, 0.25) is 0 Å². The van der Waals surface area contributed by atoms with E-state index in [1.165, 1.54) is 4.57 Å². The monoisotopic (exact) mass is 244 g/mol. The molecular formula is C5H7CsN2O. The first kappa shape index (κ1) is 9.80. The van der Waals surface area contributed by atoms with Gasteiger partial charge in [-0.2, -0.15) is 0 Å². The first-order valence-electron chi connectivity index (χ1n) is 2.23. The molecule has 44 valence electrons. The number of amides is 1. The third kappa shape index (κ3) is 2.92. The molecule has 1 heterocycles. The molecule has 1 rings (SSSR count). The summed E-state index contributed by atoms with van der Waals surface area (Å²) in [6.45, 7) is 0. The molecule has 0 aliphatic heterocycles. The molecule has 2 N–H and O–H groups in total. The van der Waals surface area contributed by atoms with Crippen LogP contribution < -0.4 is 74.6 Å². The van der Waals surface area contributed by atoms with Gasteiger partial charge < -0.3 is 7.16 Å². The van der Waals surface area contributed by atoms with Gasteiger partial charge in [0.15, 0.2) is 0 Å². The number of rotatable bonds is 0. The van der Waals surface area contributed by atoms with Gasteiger partial charge >= 0.3 is 74.9 Å². The Morgan fingerprint density at radius 2 is 1.89 bits per heavy atom. The van der Waals surface area contributed by atoms with Gasteiger partial charge in [0.1, 0.15) is 0 Å². The fourth-order valence-electron chi connectivity index (χ4n) is 0.481. The Balaban J connectivity index is 0. The number of hydrogen-bond donors (Lipinski definition) is 1. The zero-order chi connectivity index (χ0) is 5.98. The molecule has 9 heavy (non-hydrogen) atoms. The molecule has 0 saturated carbocycles. The largest absolute Gasteiger partial charge is 1.00 e. The minimum Gasteiger partial charge on any atom is -1.00 e. The van der Waals surface area contributed by atoms with Crippen LogP contribution in [0.4, 0.5) is 4.79 Å².